The zero-order chi connectivity index (χ0) is 26.7. The van der Waals surface area contributed by atoms with Crippen LogP contribution in [0.1, 0.15) is 37.7 Å². The van der Waals surface area contributed by atoms with Crippen molar-refractivity contribution in [1.82, 2.24) is 21.3 Å². The number of nitrogens with one attached hydrogen (secondary N) is 4. The Bertz CT molecular complexity index is 965. The molecule has 1 heterocycles. The van der Waals surface area contributed by atoms with Crippen LogP contribution in [0.3, 0.4) is 0 Å². The zero-order valence-corrected chi connectivity index (χ0v) is 19.6. The number of amides is 4. The highest BCUT2D eigenvalue weighted by atomic mass is 16.4. The summed E-state index contributed by atoms with van der Waals surface area (Å²) in [4.78, 5) is 72.6. The van der Waals surface area contributed by atoms with Gasteiger partial charge in [0.05, 0.1) is 12.5 Å². The highest BCUT2D eigenvalue weighted by Gasteiger charge is 2.32. The van der Waals surface area contributed by atoms with Crippen molar-refractivity contribution in [1.29, 1.82) is 0 Å². The van der Waals surface area contributed by atoms with Gasteiger partial charge < -0.3 is 37.2 Å². The fraction of sp³-hybridized carbons (Fsp3) is 0.478. The molecule has 0 saturated carbocycles. The van der Waals surface area contributed by atoms with Crippen molar-refractivity contribution in [2.75, 3.05) is 6.54 Å². The van der Waals surface area contributed by atoms with Gasteiger partial charge in [-0.25, -0.2) is 4.79 Å². The Kier molecular flexibility index (Phi) is 10.8. The summed E-state index contributed by atoms with van der Waals surface area (Å²) >= 11 is 0. The summed E-state index contributed by atoms with van der Waals surface area (Å²) in [6.07, 6.45) is -0.0933. The first-order valence-corrected chi connectivity index (χ1v) is 11.5. The molecule has 1 saturated heterocycles. The molecule has 0 radical (unpaired) electrons. The molecule has 1 aromatic rings. The minimum absolute atomic E-state index is 0.0508. The molecule has 0 bridgehead atoms. The Balaban J connectivity index is 2.12. The number of carbonyl (C=O) groups excluding carboxylic acids is 4. The Hall–Kier alpha value is -4.00. The second kappa shape index (κ2) is 13.8. The highest BCUT2D eigenvalue weighted by Crippen LogP contribution is 2.08. The molecule has 1 aliphatic rings. The van der Waals surface area contributed by atoms with E-state index in [2.05, 4.69) is 21.3 Å². The summed E-state index contributed by atoms with van der Waals surface area (Å²) in [5, 5.41) is 28.6. The van der Waals surface area contributed by atoms with E-state index in [4.69, 9.17) is 10.8 Å². The van der Waals surface area contributed by atoms with E-state index in [1.165, 1.54) is 0 Å². The fourth-order valence-electron chi connectivity index (χ4n) is 3.72. The molecule has 1 fully saturated rings. The van der Waals surface area contributed by atoms with Crippen molar-refractivity contribution in [3.63, 3.8) is 0 Å². The molecule has 0 aromatic heterocycles. The van der Waals surface area contributed by atoms with Gasteiger partial charge in [-0.05, 0) is 31.4 Å². The van der Waals surface area contributed by atoms with Gasteiger partial charge in [-0.1, -0.05) is 30.3 Å². The average Bonchev–Trinajstić information content (AvgIpc) is 3.36. The second-order valence-corrected chi connectivity index (χ2v) is 8.46. The smallest absolute Gasteiger partial charge is 0.326 e. The summed E-state index contributed by atoms with van der Waals surface area (Å²) in [6, 6.07) is 3.78. The van der Waals surface area contributed by atoms with Crippen LogP contribution in [0.5, 0.6) is 0 Å². The Morgan fingerprint density at radius 1 is 0.944 bits per heavy atom. The van der Waals surface area contributed by atoms with E-state index in [0.29, 0.717) is 18.5 Å². The van der Waals surface area contributed by atoms with Crippen molar-refractivity contribution in [2.45, 2.75) is 62.7 Å². The van der Waals surface area contributed by atoms with Crippen LogP contribution in [0.25, 0.3) is 0 Å². The van der Waals surface area contributed by atoms with Crippen LogP contribution in [0.15, 0.2) is 30.3 Å². The van der Waals surface area contributed by atoms with Crippen LogP contribution in [-0.2, 0) is 35.2 Å². The fourth-order valence-corrected chi connectivity index (χ4v) is 3.72. The number of hydrogen-bond acceptors (Lipinski definition) is 7. The number of rotatable bonds is 14. The van der Waals surface area contributed by atoms with Crippen LogP contribution in [-0.4, -0.2) is 76.5 Å². The van der Waals surface area contributed by atoms with Crippen molar-refractivity contribution >= 4 is 35.6 Å². The number of hydrogen-bond donors (Lipinski definition) is 7. The normalized spacial score (nSPS) is 17.3. The van der Waals surface area contributed by atoms with Gasteiger partial charge in [-0.2, -0.15) is 0 Å². The maximum Gasteiger partial charge on any atom is 0.326 e. The Labute approximate surface area is 207 Å². The number of carboxylic acid groups (broad SMARTS) is 2. The molecule has 0 spiro atoms. The summed E-state index contributed by atoms with van der Waals surface area (Å²) in [5.41, 5.74) is 5.85. The van der Waals surface area contributed by atoms with Crippen molar-refractivity contribution < 1.29 is 39.0 Å². The largest absolute Gasteiger partial charge is 0.481 e. The van der Waals surface area contributed by atoms with Gasteiger partial charge in [0.15, 0.2) is 0 Å². The lowest BCUT2D eigenvalue weighted by Crippen LogP contribution is -2.58. The van der Waals surface area contributed by atoms with E-state index in [-0.39, 0.29) is 12.8 Å². The van der Waals surface area contributed by atoms with Gasteiger partial charge in [0, 0.05) is 12.8 Å². The number of benzene rings is 1. The minimum Gasteiger partial charge on any atom is -0.481 e. The number of carbonyl (C=O) groups is 6. The molecule has 0 aliphatic carbocycles. The van der Waals surface area contributed by atoms with Crippen LogP contribution < -0.4 is 27.0 Å². The van der Waals surface area contributed by atoms with E-state index >= 15 is 0 Å². The first-order chi connectivity index (χ1) is 17.1. The molecular weight excluding hydrogens is 474 g/mol. The van der Waals surface area contributed by atoms with Crippen molar-refractivity contribution in [3.8, 4) is 0 Å². The van der Waals surface area contributed by atoms with E-state index < -0.39 is 72.6 Å². The van der Waals surface area contributed by atoms with Crippen molar-refractivity contribution in [2.24, 2.45) is 5.73 Å². The number of nitrogens with two attached hydrogens (primary N) is 1. The maximum atomic E-state index is 12.9. The molecule has 1 aromatic carbocycles. The summed E-state index contributed by atoms with van der Waals surface area (Å²) in [7, 11) is 0. The first-order valence-electron chi connectivity index (χ1n) is 11.5. The molecule has 13 nitrogen and oxygen atoms in total. The van der Waals surface area contributed by atoms with Crippen molar-refractivity contribution in [3.05, 3.63) is 35.9 Å². The molecule has 36 heavy (non-hydrogen) atoms. The van der Waals surface area contributed by atoms with Gasteiger partial charge in [0.2, 0.25) is 23.6 Å². The van der Waals surface area contributed by atoms with E-state index in [9.17, 15) is 33.9 Å². The summed E-state index contributed by atoms with van der Waals surface area (Å²) in [6.45, 7) is 0.624. The summed E-state index contributed by atoms with van der Waals surface area (Å²) in [5.74, 6) is -5.83. The Morgan fingerprint density at radius 2 is 1.58 bits per heavy atom. The van der Waals surface area contributed by atoms with E-state index in [1.54, 1.807) is 30.3 Å². The van der Waals surface area contributed by atoms with Crippen LogP contribution >= 0.6 is 0 Å². The van der Waals surface area contributed by atoms with Gasteiger partial charge in [-0.3, -0.25) is 24.0 Å². The van der Waals surface area contributed by atoms with Gasteiger partial charge in [-0.15, -0.1) is 0 Å². The lowest BCUT2D eigenvalue weighted by atomic mass is 10.0. The number of carboxylic acids is 2. The predicted octanol–water partition coefficient (Wildman–Crippen LogP) is -1.74. The lowest BCUT2D eigenvalue weighted by molar-refractivity contribution is -0.142. The molecule has 196 valence electrons. The molecule has 8 N–H and O–H groups in total. The monoisotopic (exact) mass is 505 g/mol. The van der Waals surface area contributed by atoms with E-state index in [0.717, 1.165) is 6.42 Å². The third-order valence-corrected chi connectivity index (χ3v) is 5.59. The Morgan fingerprint density at radius 3 is 2.14 bits per heavy atom. The standard InChI is InChI=1S/C23H31N5O8/c24-18(29)12-16(22(34)28-17(23(35)36)11-13-5-2-1-3-6-13)27-21(33)15(8-9-19(30)31)26-20(32)14-7-4-10-25-14/h1-3,5-6,14-17,25H,4,7-12H2,(H2,24,29)(H,26,32)(H,27,33)(H,28,34)(H,30,31)(H,35,36)/t14-,15-,16-,17-/m0/s1. The summed E-state index contributed by atoms with van der Waals surface area (Å²) < 4.78 is 0. The minimum atomic E-state index is -1.54. The van der Waals surface area contributed by atoms with Crippen LogP contribution in [0.4, 0.5) is 0 Å². The predicted molar refractivity (Wildman–Crippen MR) is 125 cm³/mol. The molecule has 4 atom stereocenters. The zero-order valence-electron chi connectivity index (χ0n) is 19.6. The number of aliphatic carboxylic acids is 2. The molecule has 4 amide bonds. The first kappa shape index (κ1) is 28.2. The average molecular weight is 506 g/mol. The van der Waals surface area contributed by atoms with Gasteiger partial charge in [0.1, 0.15) is 18.1 Å². The third kappa shape index (κ3) is 9.33. The quantitative estimate of drug-likeness (QED) is 0.152. The molecular formula is C23H31N5O8. The SMILES string of the molecule is NC(=O)C[C@H](NC(=O)[C@H](CCC(=O)O)NC(=O)[C@@H]1CCCN1)C(=O)N[C@@H](Cc1ccccc1)C(=O)O. The molecule has 0 unspecified atom stereocenters. The third-order valence-electron chi connectivity index (χ3n) is 5.59. The van der Waals surface area contributed by atoms with Crippen LogP contribution in [0.2, 0.25) is 0 Å². The second-order valence-electron chi connectivity index (χ2n) is 8.46. The van der Waals surface area contributed by atoms with Crippen LogP contribution in [0, 0.1) is 0 Å². The topological polar surface area (TPSA) is 217 Å². The molecule has 2 rings (SSSR count). The van der Waals surface area contributed by atoms with E-state index in [1.807, 2.05) is 0 Å². The van der Waals surface area contributed by atoms with Gasteiger partial charge in [0.25, 0.3) is 0 Å². The maximum absolute atomic E-state index is 12.9. The number of primary amides is 1. The van der Waals surface area contributed by atoms with Gasteiger partial charge >= 0.3 is 11.9 Å². The molecule has 13 heteroatoms. The highest BCUT2D eigenvalue weighted by molar-refractivity contribution is 5.96. The lowest BCUT2D eigenvalue weighted by Gasteiger charge is -2.24. The molecule has 1 aliphatic heterocycles.